The third kappa shape index (κ3) is 3.78. The van der Waals surface area contributed by atoms with Crippen molar-refractivity contribution in [3.8, 4) is 0 Å². The number of ketones is 1. The van der Waals surface area contributed by atoms with Crippen LogP contribution in [0.1, 0.15) is 26.7 Å². The summed E-state index contributed by atoms with van der Waals surface area (Å²) in [4.78, 5) is 25.5. The average molecular weight is 242 g/mol. The highest BCUT2D eigenvalue weighted by Gasteiger charge is 2.33. The van der Waals surface area contributed by atoms with E-state index in [1.54, 1.807) is 6.92 Å². The Morgan fingerprint density at radius 2 is 2.18 bits per heavy atom. The zero-order chi connectivity index (χ0) is 12.8. The number of hydrogen-bond acceptors (Lipinski definition) is 5. The first-order valence-corrected chi connectivity index (χ1v) is 6.18. The first-order chi connectivity index (χ1) is 8.10. The van der Waals surface area contributed by atoms with Crippen molar-refractivity contribution in [2.45, 2.75) is 38.8 Å². The van der Waals surface area contributed by atoms with Crippen LogP contribution in [0.2, 0.25) is 0 Å². The van der Waals surface area contributed by atoms with Crippen LogP contribution >= 0.6 is 0 Å². The Morgan fingerprint density at radius 3 is 2.76 bits per heavy atom. The summed E-state index contributed by atoms with van der Waals surface area (Å²) >= 11 is 0. The van der Waals surface area contributed by atoms with E-state index in [9.17, 15) is 9.59 Å². The number of esters is 1. The van der Waals surface area contributed by atoms with Crippen LogP contribution in [0.25, 0.3) is 0 Å². The summed E-state index contributed by atoms with van der Waals surface area (Å²) in [5.41, 5.74) is 0. The van der Waals surface area contributed by atoms with Gasteiger partial charge in [0.25, 0.3) is 0 Å². The van der Waals surface area contributed by atoms with E-state index in [4.69, 9.17) is 4.74 Å². The number of rotatable bonds is 4. The zero-order valence-corrected chi connectivity index (χ0v) is 10.9. The highest BCUT2D eigenvalue weighted by Crippen LogP contribution is 2.10. The Labute approximate surface area is 102 Å². The second kappa shape index (κ2) is 6.71. The van der Waals surface area contributed by atoms with Gasteiger partial charge in [-0.05, 0) is 13.3 Å². The first kappa shape index (κ1) is 14.1. The number of nitrogens with one attached hydrogen (secondary N) is 1. The van der Waals surface area contributed by atoms with Gasteiger partial charge in [0.2, 0.25) is 0 Å². The van der Waals surface area contributed by atoms with Gasteiger partial charge in [0.05, 0.1) is 7.11 Å². The molecule has 0 saturated carbocycles. The van der Waals surface area contributed by atoms with E-state index in [-0.39, 0.29) is 5.78 Å². The van der Waals surface area contributed by atoms with Crippen LogP contribution in [-0.2, 0) is 14.3 Å². The lowest BCUT2D eigenvalue weighted by molar-refractivity contribution is -0.151. The van der Waals surface area contributed by atoms with Crippen molar-refractivity contribution >= 4 is 11.8 Å². The number of carbonyl (C=O) groups is 2. The van der Waals surface area contributed by atoms with Crippen LogP contribution in [0.15, 0.2) is 0 Å². The lowest BCUT2D eigenvalue weighted by Gasteiger charge is -2.26. The van der Waals surface area contributed by atoms with Crippen molar-refractivity contribution in [2.75, 3.05) is 26.7 Å². The van der Waals surface area contributed by atoms with E-state index < -0.39 is 12.0 Å². The predicted molar refractivity (Wildman–Crippen MR) is 64.8 cm³/mol. The molecule has 17 heavy (non-hydrogen) atoms. The van der Waals surface area contributed by atoms with Gasteiger partial charge in [0.15, 0.2) is 11.8 Å². The van der Waals surface area contributed by atoms with Crippen molar-refractivity contribution < 1.29 is 14.3 Å². The van der Waals surface area contributed by atoms with Crippen LogP contribution in [-0.4, -0.2) is 55.5 Å². The Hall–Kier alpha value is -0.940. The number of hydrogen-bond donors (Lipinski definition) is 1. The molecule has 0 radical (unpaired) electrons. The number of Topliss-reactive ketones (excluding diaryl/α,β-unsaturated/α-hetero) is 1. The minimum Gasteiger partial charge on any atom is -0.468 e. The molecular formula is C12H22N2O3. The SMILES string of the molecule is CCC(=O)C(C(=O)OC)N1CCN[C@@H](C)CC1. The second-order valence-corrected chi connectivity index (χ2v) is 4.43. The van der Waals surface area contributed by atoms with E-state index in [0.717, 1.165) is 19.5 Å². The molecule has 0 bridgehead atoms. The predicted octanol–water partition coefficient (Wildman–Crippen LogP) is 0.191. The van der Waals surface area contributed by atoms with Gasteiger partial charge in [-0.25, -0.2) is 4.79 Å². The van der Waals surface area contributed by atoms with E-state index in [1.807, 2.05) is 4.90 Å². The molecule has 1 aliphatic rings. The number of nitrogens with zero attached hydrogens (tertiary/aromatic N) is 1. The van der Waals surface area contributed by atoms with Gasteiger partial charge in [0, 0.05) is 32.1 Å². The molecule has 0 spiro atoms. The van der Waals surface area contributed by atoms with Gasteiger partial charge in [-0.3, -0.25) is 9.69 Å². The van der Waals surface area contributed by atoms with Gasteiger partial charge >= 0.3 is 5.97 Å². The molecule has 1 rings (SSSR count). The minimum atomic E-state index is -0.725. The molecule has 0 aromatic heterocycles. The fourth-order valence-electron chi connectivity index (χ4n) is 2.08. The fourth-order valence-corrected chi connectivity index (χ4v) is 2.08. The smallest absolute Gasteiger partial charge is 0.330 e. The van der Waals surface area contributed by atoms with Crippen LogP contribution in [0.4, 0.5) is 0 Å². The van der Waals surface area contributed by atoms with Crippen molar-refractivity contribution in [2.24, 2.45) is 0 Å². The van der Waals surface area contributed by atoms with Crippen LogP contribution < -0.4 is 5.32 Å². The maximum absolute atomic E-state index is 11.8. The second-order valence-electron chi connectivity index (χ2n) is 4.43. The highest BCUT2D eigenvalue weighted by molar-refractivity contribution is 6.02. The minimum absolute atomic E-state index is 0.0635. The number of ether oxygens (including phenoxy) is 1. The molecule has 1 N–H and O–H groups in total. The number of methoxy groups -OCH3 is 1. The standard InChI is InChI=1S/C12H22N2O3/c1-4-10(15)11(12(16)17-3)14-7-5-9(2)13-6-8-14/h9,11,13H,4-8H2,1-3H3/t9-,11?/m0/s1. The fraction of sp³-hybridized carbons (Fsp3) is 0.833. The summed E-state index contributed by atoms with van der Waals surface area (Å²) in [5.74, 6) is -0.502. The third-order valence-corrected chi connectivity index (χ3v) is 3.18. The molecule has 0 aliphatic carbocycles. The molecule has 1 fully saturated rings. The van der Waals surface area contributed by atoms with E-state index in [2.05, 4.69) is 12.2 Å². The van der Waals surface area contributed by atoms with Gasteiger partial charge in [-0.2, -0.15) is 0 Å². The maximum atomic E-state index is 11.8. The molecule has 0 aromatic rings. The highest BCUT2D eigenvalue weighted by atomic mass is 16.5. The van der Waals surface area contributed by atoms with Crippen LogP contribution in [0.5, 0.6) is 0 Å². The van der Waals surface area contributed by atoms with Crippen LogP contribution in [0, 0.1) is 0 Å². The van der Waals surface area contributed by atoms with Gasteiger partial charge in [0.1, 0.15) is 0 Å². The quantitative estimate of drug-likeness (QED) is 0.563. The van der Waals surface area contributed by atoms with Crippen molar-refractivity contribution in [1.29, 1.82) is 0 Å². The van der Waals surface area contributed by atoms with E-state index in [0.29, 0.717) is 19.0 Å². The number of carbonyl (C=O) groups excluding carboxylic acids is 2. The lowest BCUT2D eigenvalue weighted by Crippen LogP contribution is -2.48. The molecule has 1 aliphatic heterocycles. The molecule has 1 saturated heterocycles. The topological polar surface area (TPSA) is 58.6 Å². The van der Waals surface area contributed by atoms with Crippen molar-refractivity contribution in [3.63, 3.8) is 0 Å². The summed E-state index contributed by atoms with van der Waals surface area (Å²) < 4.78 is 4.73. The summed E-state index contributed by atoms with van der Waals surface area (Å²) in [5, 5.41) is 3.34. The molecule has 2 atom stereocenters. The molecule has 1 unspecified atom stereocenters. The summed E-state index contributed by atoms with van der Waals surface area (Å²) in [6.45, 7) is 6.14. The largest absolute Gasteiger partial charge is 0.468 e. The molecular weight excluding hydrogens is 220 g/mol. The average Bonchev–Trinajstić information content (AvgIpc) is 2.54. The third-order valence-electron chi connectivity index (χ3n) is 3.18. The van der Waals surface area contributed by atoms with Gasteiger partial charge in [-0.1, -0.05) is 6.92 Å². The van der Waals surface area contributed by atoms with E-state index in [1.165, 1.54) is 7.11 Å². The maximum Gasteiger partial charge on any atom is 0.330 e. The first-order valence-electron chi connectivity index (χ1n) is 6.18. The Morgan fingerprint density at radius 1 is 1.47 bits per heavy atom. The summed E-state index contributed by atoms with van der Waals surface area (Å²) in [6.07, 6.45) is 1.30. The molecule has 1 heterocycles. The molecule has 0 amide bonds. The summed E-state index contributed by atoms with van der Waals surface area (Å²) in [6, 6.07) is -0.299. The molecule has 5 heteroatoms. The van der Waals surface area contributed by atoms with Gasteiger partial charge in [-0.15, -0.1) is 0 Å². The zero-order valence-electron chi connectivity index (χ0n) is 10.9. The Bertz CT molecular complexity index is 265. The molecule has 98 valence electrons. The van der Waals surface area contributed by atoms with Crippen molar-refractivity contribution in [3.05, 3.63) is 0 Å². The lowest BCUT2D eigenvalue weighted by atomic mass is 10.1. The van der Waals surface area contributed by atoms with Gasteiger partial charge < -0.3 is 10.1 Å². The Kier molecular flexibility index (Phi) is 5.58. The van der Waals surface area contributed by atoms with E-state index >= 15 is 0 Å². The van der Waals surface area contributed by atoms with Crippen LogP contribution in [0.3, 0.4) is 0 Å². The normalized spacial score (nSPS) is 23.8. The van der Waals surface area contributed by atoms with Crippen molar-refractivity contribution in [1.82, 2.24) is 10.2 Å². The molecule has 0 aromatic carbocycles. The Balaban J connectivity index is 2.75. The monoisotopic (exact) mass is 242 g/mol. The molecule has 5 nitrogen and oxygen atoms in total. The summed E-state index contributed by atoms with van der Waals surface area (Å²) in [7, 11) is 1.33.